The molecule has 0 aliphatic rings. The summed E-state index contributed by atoms with van der Waals surface area (Å²) in [6.45, 7) is 0. The van der Waals surface area contributed by atoms with Gasteiger partial charge in [0.1, 0.15) is 11.2 Å². The van der Waals surface area contributed by atoms with Crippen molar-refractivity contribution in [3.05, 3.63) is 236 Å². The summed E-state index contributed by atoms with van der Waals surface area (Å²) in [5, 5.41) is 7.27. The lowest BCUT2D eigenvalue weighted by Crippen LogP contribution is -2.11. The van der Waals surface area contributed by atoms with Gasteiger partial charge in [-0.1, -0.05) is 163 Å². The molecule has 2 nitrogen and oxygen atoms in total. The van der Waals surface area contributed by atoms with Crippen molar-refractivity contribution in [3.63, 3.8) is 0 Å². The summed E-state index contributed by atoms with van der Waals surface area (Å²) in [4.78, 5) is 4.89. The Kier molecular flexibility index (Phi) is 9.40. The van der Waals surface area contributed by atoms with E-state index in [4.69, 9.17) is 4.42 Å². The fraction of sp³-hybridized carbons (Fsp3) is 0.0169. The number of anilines is 3. The van der Waals surface area contributed by atoms with E-state index >= 15 is 0 Å². The van der Waals surface area contributed by atoms with E-state index < -0.39 is 0 Å². The molecule has 0 N–H and O–H groups in total. The highest BCUT2D eigenvalue weighted by molar-refractivity contribution is 7.99. The molecule has 0 fully saturated rings. The number of thiophene rings is 1. The first-order valence-corrected chi connectivity index (χ1v) is 23.0. The molecule has 63 heavy (non-hydrogen) atoms. The van der Waals surface area contributed by atoms with Gasteiger partial charge in [0, 0.05) is 52.3 Å². The van der Waals surface area contributed by atoms with Gasteiger partial charge in [0.15, 0.2) is 0 Å². The summed E-state index contributed by atoms with van der Waals surface area (Å²) in [5.41, 5.74) is 12.4. The topological polar surface area (TPSA) is 16.4 Å². The van der Waals surface area contributed by atoms with Crippen molar-refractivity contribution in [1.29, 1.82) is 0 Å². The minimum absolute atomic E-state index is 0.772. The normalized spacial score (nSPS) is 11.6. The third-order valence-corrected chi connectivity index (χ3v) is 14.4. The largest absolute Gasteiger partial charge is 0.456 e. The van der Waals surface area contributed by atoms with Gasteiger partial charge in [-0.3, -0.25) is 0 Å². The second-order valence-electron chi connectivity index (χ2n) is 16.0. The van der Waals surface area contributed by atoms with E-state index in [-0.39, 0.29) is 0 Å². The zero-order valence-corrected chi connectivity index (χ0v) is 35.9. The van der Waals surface area contributed by atoms with E-state index in [2.05, 4.69) is 223 Å². The standard InChI is InChI=1S/C59H39NOS2/c1-3-14-39(15-4-1)36-44-38-46(32-33-48(44)58-56(62-47-18-5-2-6-19-47)35-34-50-49-20-10-12-25-55(49)63-59(50)58)60(52-22-13-24-54-57(52)51-21-9-11-23-53(51)61-54)45-30-28-41(29-31-45)43-27-26-40-16-7-8-17-42(40)37-43/h1-35,37-38H,36H2. The van der Waals surface area contributed by atoms with Crippen LogP contribution >= 0.6 is 23.1 Å². The molecule has 0 unspecified atom stereocenters. The van der Waals surface area contributed by atoms with Crippen LogP contribution in [-0.2, 0) is 6.42 Å². The Hall–Kier alpha value is -7.37. The number of nitrogens with zero attached hydrogens (tertiary/aromatic N) is 1. The maximum absolute atomic E-state index is 6.51. The average molecular weight is 842 g/mol. The molecule has 12 rings (SSSR count). The van der Waals surface area contributed by atoms with Gasteiger partial charge in [-0.15, -0.1) is 11.3 Å². The lowest BCUT2D eigenvalue weighted by molar-refractivity contribution is 0.669. The molecule has 298 valence electrons. The van der Waals surface area contributed by atoms with Crippen molar-refractivity contribution in [2.45, 2.75) is 16.2 Å². The van der Waals surface area contributed by atoms with Crippen LogP contribution in [0.2, 0.25) is 0 Å². The molecule has 0 saturated heterocycles. The first kappa shape index (κ1) is 37.4. The number of para-hydroxylation sites is 1. The predicted molar refractivity (Wildman–Crippen MR) is 269 cm³/mol. The number of benzene rings is 10. The zero-order chi connectivity index (χ0) is 41.7. The first-order chi connectivity index (χ1) is 31.2. The monoisotopic (exact) mass is 841 g/mol. The first-order valence-electron chi connectivity index (χ1n) is 21.4. The van der Waals surface area contributed by atoms with Crippen molar-refractivity contribution in [1.82, 2.24) is 0 Å². The van der Waals surface area contributed by atoms with Crippen LogP contribution in [0.5, 0.6) is 0 Å². The molecule has 10 aromatic carbocycles. The van der Waals surface area contributed by atoms with E-state index in [1.807, 2.05) is 29.2 Å². The van der Waals surface area contributed by atoms with E-state index in [1.165, 1.54) is 74.1 Å². The summed E-state index contributed by atoms with van der Waals surface area (Å²) in [5.74, 6) is 0. The van der Waals surface area contributed by atoms with Crippen LogP contribution in [0.4, 0.5) is 17.1 Å². The Labute approximate surface area is 374 Å². The molecule has 0 bridgehead atoms. The number of hydrogen-bond donors (Lipinski definition) is 0. The molecule has 0 saturated carbocycles. The van der Waals surface area contributed by atoms with Crippen LogP contribution in [0, 0.1) is 0 Å². The van der Waals surface area contributed by atoms with Gasteiger partial charge in [0.05, 0.1) is 11.1 Å². The fourth-order valence-electron chi connectivity index (χ4n) is 9.19. The quantitative estimate of drug-likeness (QED) is 0.144. The van der Waals surface area contributed by atoms with E-state index in [0.29, 0.717) is 0 Å². The van der Waals surface area contributed by atoms with E-state index in [1.54, 1.807) is 0 Å². The van der Waals surface area contributed by atoms with Crippen molar-refractivity contribution >= 4 is 93.0 Å². The fourth-order valence-corrected chi connectivity index (χ4v) is 11.5. The second kappa shape index (κ2) is 15.8. The Bertz CT molecular complexity index is 3630. The predicted octanol–water partition coefficient (Wildman–Crippen LogP) is 17.7. The molecule has 12 aromatic rings. The lowest BCUT2D eigenvalue weighted by Gasteiger charge is -2.28. The van der Waals surface area contributed by atoms with Gasteiger partial charge in [-0.25, -0.2) is 0 Å². The maximum Gasteiger partial charge on any atom is 0.137 e. The third kappa shape index (κ3) is 6.85. The van der Waals surface area contributed by atoms with Gasteiger partial charge in [0.25, 0.3) is 0 Å². The molecule has 0 atom stereocenters. The van der Waals surface area contributed by atoms with Gasteiger partial charge < -0.3 is 9.32 Å². The van der Waals surface area contributed by atoms with Gasteiger partial charge >= 0.3 is 0 Å². The second-order valence-corrected chi connectivity index (χ2v) is 18.2. The van der Waals surface area contributed by atoms with Crippen molar-refractivity contribution in [2.24, 2.45) is 0 Å². The third-order valence-electron chi connectivity index (χ3n) is 12.2. The van der Waals surface area contributed by atoms with E-state index in [0.717, 1.165) is 45.4 Å². The SMILES string of the molecule is c1ccc(Cc2cc(N(c3ccc(-c4ccc5ccccc5c4)cc3)c3cccc4oc5ccccc5c34)ccc2-c2c(Sc3ccccc3)ccc3c2sc2ccccc23)cc1. The number of furan rings is 1. The molecule has 0 aliphatic carbocycles. The zero-order valence-electron chi connectivity index (χ0n) is 34.2. The molecular weight excluding hydrogens is 803 g/mol. The Morgan fingerprint density at radius 3 is 2.03 bits per heavy atom. The number of hydrogen-bond acceptors (Lipinski definition) is 4. The highest BCUT2D eigenvalue weighted by Gasteiger charge is 2.23. The van der Waals surface area contributed by atoms with Crippen LogP contribution in [0.15, 0.2) is 239 Å². The smallest absolute Gasteiger partial charge is 0.137 e. The summed E-state index contributed by atoms with van der Waals surface area (Å²) < 4.78 is 9.12. The van der Waals surface area contributed by atoms with Crippen LogP contribution in [0.3, 0.4) is 0 Å². The molecule has 0 aliphatic heterocycles. The van der Waals surface area contributed by atoms with E-state index in [9.17, 15) is 0 Å². The number of fused-ring (bicyclic) bond motifs is 7. The van der Waals surface area contributed by atoms with Crippen LogP contribution in [-0.4, -0.2) is 0 Å². The van der Waals surface area contributed by atoms with Crippen molar-refractivity contribution in [2.75, 3.05) is 4.90 Å². The molecular formula is C59H39NOS2. The lowest BCUT2D eigenvalue weighted by atomic mass is 9.92. The number of rotatable bonds is 9. The summed E-state index contributed by atoms with van der Waals surface area (Å²) in [6.07, 6.45) is 0.772. The van der Waals surface area contributed by atoms with Crippen molar-refractivity contribution < 1.29 is 4.42 Å². The molecule has 2 aromatic heterocycles. The highest BCUT2D eigenvalue weighted by atomic mass is 32.2. The molecule has 0 spiro atoms. The molecule has 0 amide bonds. The van der Waals surface area contributed by atoms with Crippen molar-refractivity contribution in [3.8, 4) is 22.3 Å². The van der Waals surface area contributed by atoms with Crippen LogP contribution < -0.4 is 4.90 Å². The van der Waals surface area contributed by atoms with Crippen LogP contribution in [0.1, 0.15) is 11.1 Å². The van der Waals surface area contributed by atoms with Gasteiger partial charge in [-0.2, -0.15) is 0 Å². The summed E-state index contributed by atoms with van der Waals surface area (Å²) >= 11 is 3.74. The summed E-state index contributed by atoms with van der Waals surface area (Å²) in [7, 11) is 0. The highest BCUT2D eigenvalue weighted by Crippen LogP contribution is 2.49. The Balaban J connectivity index is 1.08. The maximum atomic E-state index is 6.51. The minimum atomic E-state index is 0.772. The van der Waals surface area contributed by atoms with Crippen LogP contribution in [0.25, 0.3) is 75.1 Å². The minimum Gasteiger partial charge on any atom is -0.456 e. The average Bonchev–Trinajstić information content (AvgIpc) is 3.92. The van der Waals surface area contributed by atoms with Gasteiger partial charge in [-0.05, 0) is 118 Å². The Morgan fingerprint density at radius 2 is 1.17 bits per heavy atom. The Morgan fingerprint density at radius 1 is 0.476 bits per heavy atom. The molecule has 4 heteroatoms. The molecule has 2 heterocycles. The molecule has 0 radical (unpaired) electrons. The summed E-state index contributed by atoms with van der Waals surface area (Å²) in [6, 6.07) is 81.5. The van der Waals surface area contributed by atoms with Gasteiger partial charge in [0.2, 0.25) is 0 Å².